The van der Waals surface area contributed by atoms with Crippen LogP contribution in [-0.2, 0) is 16.8 Å². The lowest BCUT2D eigenvalue weighted by Gasteiger charge is -2.19. The summed E-state index contributed by atoms with van der Waals surface area (Å²) < 4.78 is 22.0. The van der Waals surface area contributed by atoms with E-state index in [0.717, 1.165) is 5.56 Å². The molecule has 1 heterocycles. The van der Waals surface area contributed by atoms with Gasteiger partial charge in [-0.05, 0) is 52.9 Å². The number of carbonyl (C=O) groups excluding carboxylic acids is 1. The Kier molecular flexibility index (Phi) is 6.41. The topological polar surface area (TPSA) is 75.0 Å². The molecule has 0 spiro atoms. The predicted molar refractivity (Wildman–Crippen MR) is 130 cm³/mol. The lowest BCUT2D eigenvalue weighted by atomic mass is 9.87. The largest absolute Gasteiger partial charge is 0.489 e. The molecule has 4 rings (SSSR count). The zero-order valence-corrected chi connectivity index (χ0v) is 19.6. The van der Waals surface area contributed by atoms with Crippen molar-refractivity contribution in [3.63, 3.8) is 0 Å². The van der Waals surface area contributed by atoms with Gasteiger partial charge in [0.05, 0.1) is 18.1 Å². The third kappa shape index (κ3) is 5.12. The van der Waals surface area contributed by atoms with E-state index in [1.807, 2.05) is 24.3 Å². The number of fused-ring (bicyclic) bond motifs is 1. The molecule has 6 heteroatoms. The van der Waals surface area contributed by atoms with Gasteiger partial charge in [0.15, 0.2) is 0 Å². The van der Waals surface area contributed by atoms with Gasteiger partial charge in [0.2, 0.25) is 11.2 Å². The first-order valence-corrected chi connectivity index (χ1v) is 10.9. The van der Waals surface area contributed by atoms with Gasteiger partial charge in [-0.25, -0.2) is 4.79 Å². The summed E-state index contributed by atoms with van der Waals surface area (Å²) in [6, 6.07) is 19.7. The minimum Gasteiger partial charge on any atom is -0.489 e. The summed E-state index contributed by atoms with van der Waals surface area (Å²) in [5.41, 5.74) is 2.71. The van der Waals surface area contributed by atoms with Crippen LogP contribution in [0.3, 0.4) is 0 Å². The van der Waals surface area contributed by atoms with E-state index in [9.17, 15) is 9.59 Å². The lowest BCUT2D eigenvalue weighted by molar-refractivity contribution is 0.0600. The Bertz CT molecular complexity index is 1360. The van der Waals surface area contributed by atoms with Gasteiger partial charge in [-0.3, -0.25) is 4.79 Å². The van der Waals surface area contributed by atoms with Gasteiger partial charge in [0, 0.05) is 6.07 Å². The number of rotatable bonds is 6. The highest BCUT2D eigenvalue weighted by Gasteiger charge is 2.14. The van der Waals surface area contributed by atoms with E-state index < -0.39 is 0 Å². The molecular weight excluding hydrogens is 432 g/mol. The van der Waals surface area contributed by atoms with E-state index >= 15 is 0 Å². The monoisotopic (exact) mass is 458 g/mol. The molecule has 0 aliphatic carbocycles. The van der Waals surface area contributed by atoms with Crippen molar-refractivity contribution in [2.75, 3.05) is 7.11 Å². The van der Waals surface area contributed by atoms with Crippen molar-refractivity contribution in [1.29, 1.82) is 0 Å². The summed E-state index contributed by atoms with van der Waals surface area (Å²) in [6.07, 6.45) is 1.32. The minimum absolute atomic E-state index is 0.0345. The third-order valence-corrected chi connectivity index (χ3v) is 5.44. The molecule has 0 amide bonds. The molecule has 0 saturated carbocycles. The molecule has 4 aromatic rings. The van der Waals surface area contributed by atoms with Crippen LogP contribution in [0.1, 0.15) is 42.3 Å². The molecular formula is C28H26O6. The maximum Gasteiger partial charge on any atom is 0.337 e. The van der Waals surface area contributed by atoms with E-state index in [2.05, 4.69) is 20.8 Å². The molecule has 0 fully saturated rings. The minimum atomic E-state index is -0.387. The second-order valence-corrected chi connectivity index (χ2v) is 8.94. The lowest BCUT2D eigenvalue weighted by Crippen LogP contribution is -2.10. The van der Waals surface area contributed by atoms with Gasteiger partial charge in [0.1, 0.15) is 30.0 Å². The zero-order chi connectivity index (χ0) is 24.3. The molecule has 0 unspecified atom stereocenters. The highest BCUT2D eigenvalue weighted by atomic mass is 16.5. The van der Waals surface area contributed by atoms with Crippen molar-refractivity contribution in [2.45, 2.75) is 32.8 Å². The molecule has 0 N–H and O–H groups in total. The predicted octanol–water partition coefficient (Wildman–Crippen LogP) is 6.25. The maximum absolute atomic E-state index is 12.9. The van der Waals surface area contributed by atoms with Crippen molar-refractivity contribution < 1.29 is 23.4 Å². The van der Waals surface area contributed by atoms with Gasteiger partial charge in [-0.1, -0.05) is 45.0 Å². The number of carbonyl (C=O) groups is 1. The van der Waals surface area contributed by atoms with Crippen LogP contribution in [-0.4, -0.2) is 13.1 Å². The average Bonchev–Trinajstić information content (AvgIpc) is 2.84. The molecule has 0 aliphatic heterocycles. The fourth-order valence-electron chi connectivity index (χ4n) is 3.42. The summed E-state index contributed by atoms with van der Waals surface area (Å²) in [4.78, 5) is 24.4. The second kappa shape index (κ2) is 9.43. The molecule has 6 nitrogen and oxygen atoms in total. The third-order valence-electron chi connectivity index (χ3n) is 5.44. The van der Waals surface area contributed by atoms with Gasteiger partial charge in [0.25, 0.3) is 0 Å². The van der Waals surface area contributed by atoms with Gasteiger partial charge in [-0.2, -0.15) is 0 Å². The summed E-state index contributed by atoms with van der Waals surface area (Å²) in [7, 11) is 1.34. The number of hydrogen-bond donors (Lipinski definition) is 0. The van der Waals surface area contributed by atoms with Gasteiger partial charge < -0.3 is 18.6 Å². The van der Waals surface area contributed by atoms with Crippen molar-refractivity contribution in [3.8, 4) is 17.2 Å². The van der Waals surface area contributed by atoms with E-state index in [-0.39, 0.29) is 22.6 Å². The van der Waals surface area contributed by atoms with Crippen molar-refractivity contribution in [1.82, 2.24) is 0 Å². The summed E-state index contributed by atoms with van der Waals surface area (Å²) in [5, 5.41) is 0.401. The first kappa shape index (κ1) is 23.1. The highest BCUT2D eigenvalue weighted by molar-refractivity contribution is 5.89. The Morgan fingerprint density at radius 2 is 1.59 bits per heavy atom. The van der Waals surface area contributed by atoms with Crippen LogP contribution in [0.2, 0.25) is 0 Å². The Labute approximate surface area is 197 Å². The number of esters is 1. The number of methoxy groups -OCH3 is 1. The van der Waals surface area contributed by atoms with Gasteiger partial charge >= 0.3 is 5.97 Å². The molecule has 1 aromatic heterocycles. The van der Waals surface area contributed by atoms with Crippen LogP contribution >= 0.6 is 0 Å². The van der Waals surface area contributed by atoms with E-state index in [1.54, 1.807) is 42.5 Å². The molecule has 174 valence electrons. The molecule has 34 heavy (non-hydrogen) atoms. The summed E-state index contributed by atoms with van der Waals surface area (Å²) >= 11 is 0. The Morgan fingerprint density at radius 3 is 2.24 bits per heavy atom. The van der Waals surface area contributed by atoms with Crippen molar-refractivity contribution >= 4 is 16.9 Å². The molecule has 3 aromatic carbocycles. The normalized spacial score (nSPS) is 11.3. The first-order valence-electron chi connectivity index (χ1n) is 10.9. The molecule has 0 atom stereocenters. The van der Waals surface area contributed by atoms with Gasteiger partial charge in [-0.15, -0.1) is 0 Å². The highest BCUT2D eigenvalue weighted by Crippen LogP contribution is 2.27. The standard InChI is InChI=1S/C28H26O6/c1-28(2,3)20-9-11-21(12-10-20)34-25-17-33-24-15-22(13-14-23(24)26(25)29)32-16-18-5-7-19(8-6-18)27(30)31-4/h5-15,17H,16H2,1-4H3. The fourth-order valence-corrected chi connectivity index (χ4v) is 3.42. The molecule has 0 saturated heterocycles. The fraction of sp³-hybridized carbons (Fsp3) is 0.214. The van der Waals surface area contributed by atoms with Crippen LogP contribution in [0, 0.1) is 0 Å². The summed E-state index contributed by atoms with van der Waals surface area (Å²) in [5.74, 6) is 0.856. The average molecular weight is 459 g/mol. The van der Waals surface area contributed by atoms with Crippen molar-refractivity contribution in [3.05, 3.63) is 99.9 Å². The Balaban J connectivity index is 1.47. The van der Waals surface area contributed by atoms with Crippen molar-refractivity contribution in [2.24, 2.45) is 0 Å². The van der Waals surface area contributed by atoms with Crippen LogP contribution in [0.25, 0.3) is 11.0 Å². The van der Waals surface area contributed by atoms with Crippen LogP contribution in [0.4, 0.5) is 0 Å². The molecule has 0 bridgehead atoms. The number of ether oxygens (including phenoxy) is 3. The van der Waals surface area contributed by atoms with Crippen LogP contribution in [0.15, 0.2) is 82.2 Å². The Morgan fingerprint density at radius 1 is 0.912 bits per heavy atom. The number of hydrogen-bond acceptors (Lipinski definition) is 6. The molecule has 0 radical (unpaired) electrons. The summed E-state index contributed by atoms with van der Waals surface area (Å²) in [6.45, 7) is 6.71. The molecule has 0 aliphatic rings. The van der Waals surface area contributed by atoms with Crippen LogP contribution in [0.5, 0.6) is 17.2 Å². The maximum atomic E-state index is 12.9. The SMILES string of the molecule is COC(=O)c1ccc(COc2ccc3c(=O)c(Oc4ccc(C(C)(C)C)cc4)coc3c2)cc1. The quantitative estimate of drug-likeness (QED) is 0.318. The van der Waals surface area contributed by atoms with E-state index in [0.29, 0.717) is 34.6 Å². The number of benzene rings is 3. The smallest absolute Gasteiger partial charge is 0.337 e. The first-order chi connectivity index (χ1) is 16.2. The van der Waals surface area contributed by atoms with E-state index in [4.69, 9.17) is 18.6 Å². The Hall–Kier alpha value is -4.06. The van der Waals surface area contributed by atoms with Crippen LogP contribution < -0.4 is 14.9 Å². The van der Waals surface area contributed by atoms with E-state index in [1.165, 1.54) is 18.9 Å². The second-order valence-electron chi connectivity index (χ2n) is 8.94. The zero-order valence-electron chi connectivity index (χ0n) is 19.6.